The zero-order valence-electron chi connectivity index (χ0n) is 30.1. The van der Waals surface area contributed by atoms with Crippen LogP contribution in [-0.2, 0) is 0 Å². The van der Waals surface area contributed by atoms with Gasteiger partial charge in [-0.1, -0.05) is 170 Å². The van der Waals surface area contributed by atoms with Gasteiger partial charge in [0.25, 0.3) is 0 Å². The second-order valence-corrected chi connectivity index (χ2v) is 15.0. The van der Waals surface area contributed by atoms with E-state index in [-0.39, 0.29) is 0 Å². The average molecular weight is 734 g/mol. The largest absolute Gasteiger partial charge is 0.455 e. The molecule has 56 heavy (non-hydrogen) atoms. The summed E-state index contributed by atoms with van der Waals surface area (Å²) in [4.78, 5) is 15.0. The van der Waals surface area contributed by atoms with E-state index in [1.54, 1.807) is 0 Å². The Labute approximate surface area is 327 Å². The predicted molar refractivity (Wildman–Crippen MR) is 233 cm³/mol. The van der Waals surface area contributed by atoms with Crippen LogP contribution >= 0.6 is 11.3 Å². The van der Waals surface area contributed by atoms with Gasteiger partial charge in [0.2, 0.25) is 0 Å². The number of rotatable bonds is 6. The SMILES string of the molecule is c1ccc(-c2ccc(-c3nc(-c4ccccc4)nc(-c4ccc(-c5ccc(-c6cccc7c6sc6ccccc67)c6c5oc5ccccc56)cc4)n3)cc2)cc1. The Morgan fingerprint density at radius 1 is 0.339 bits per heavy atom. The second kappa shape index (κ2) is 13.3. The van der Waals surface area contributed by atoms with Crippen molar-refractivity contribution in [2.24, 2.45) is 0 Å². The molecule has 11 aromatic rings. The molecule has 0 atom stereocenters. The maximum atomic E-state index is 6.72. The van der Waals surface area contributed by atoms with E-state index >= 15 is 0 Å². The topological polar surface area (TPSA) is 51.8 Å². The van der Waals surface area contributed by atoms with E-state index in [2.05, 4.69) is 146 Å². The molecule has 0 radical (unpaired) electrons. The number of furan rings is 1. The summed E-state index contributed by atoms with van der Waals surface area (Å²) in [6.45, 7) is 0. The van der Waals surface area contributed by atoms with Crippen LogP contribution in [0.5, 0.6) is 0 Å². The normalized spacial score (nSPS) is 11.6. The molecule has 0 fully saturated rings. The van der Waals surface area contributed by atoms with Crippen molar-refractivity contribution < 1.29 is 4.42 Å². The van der Waals surface area contributed by atoms with Crippen LogP contribution in [0.2, 0.25) is 0 Å². The summed E-state index contributed by atoms with van der Waals surface area (Å²) in [5.41, 5.74) is 11.3. The molecular weight excluding hydrogens is 703 g/mol. The van der Waals surface area contributed by atoms with Crippen LogP contribution in [0, 0.1) is 0 Å². The highest BCUT2D eigenvalue weighted by atomic mass is 32.1. The maximum absolute atomic E-state index is 6.72. The lowest BCUT2D eigenvalue weighted by atomic mass is 9.93. The molecule has 0 aliphatic carbocycles. The van der Waals surface area contributed by atoms with E-state index in [0.29, 0.717) is 17.5 Å². The third kappa shape index (κ3) is 5.48. The molecule has 0 unspecified atom stereocenters. The van der Waals surface area contributed by atoms with Crippen LogP contribution in [-0.4, -0.2) is 15.0 Å². The third-order valence-corrected chi connectivity index (χ3v) is 11.8. The Morgan fingerprint density at radius 2 is 0.839 bits per heavy atom. The number of thiophene rings is 1. The molecule has 0 aliphatic heterocycles. The summed E-state index contributed by atoms with van der Waals surface area (Å²) in [6, 6.07) is 65.5. The average Bonchev–Trinajstić information content (AvgIpc) is 3.86. The standard InChI is InChI=1S/C51H31N3OS/c1-3-12-32(13-4-1)33-22-26-36(27-23-33)50-52-49(35-14-5-2-6-15-35)53-51(54-50)37-28-24-34(25-29-37)38-30-31-40(46-43-17-7-9-20-44(43)55-47(38)46)42-19-11-18-41-39-16-8-10-21-45(39)56-48(41)42/h1-31H. The molecular formula is C51H31N3OS. The highest BCUT2D eigenvalue weighted by Crippen LogP contribution is 2.46. The summed E-state index contributed by atoms with van der Waals surface area (Å²) in [7, 11) is 0. The molecule has 3 heterocycles. The smallest absolute Gasteiger partial charge is 0.164 e. The summed E-state index contributed by atoms with van der Waals surface area (Å²) in [5, 5.41) is 4.81. The van der Waals surface area contributed by atoms with E-state index in [9.17, 15) is 0 Å². The van der Waals surface area contributed by atoms with Gasteiger partial charge in [0.1, 0.15) is 11.2 Å². The molecule has 0 amide bonds. The molecule has 0 bridgehead atoms. The Bertz CT molecular complexity index is 3220. The molecule has 0 N–H and O–H groups in total. The minimum absolute atomic E-state index is 0.619. The molecule has 0 spiro atoms. The molecule has 3 aromatic heterocycles. The summed E-state index contributed by atoms with van der Waals surface area (Å²) in [5.74, 6) is 1.88. The summed E-state index contributed by atoms with van der Waals surface area (Å²) >= 11 is 1.85. The van der Waals surface area contributed by atoms with Gasteiger partial charge >= 0.3 is 0 Å². The van der Waals surface area contributed by atoms with Crippen molar-refractivity contribution in [1.82, 2.24) is 15.0 Å². The Balaban J connectivity index is 1.02. The van der Waals surface area contributed by atoms with Crippen molar-refractivity contribution in [2.45, 2.75) is 0 Å². The zero-order chi connectivity index (χ0) is 37.0. The van der Waals surface area contributed by atoms with E-state index in [0.717, 1.165) is 55.3 Å². The number of aromatic nitrogens is 3. The minimum atomic E-state index is 0.619. The highest BCUT2D eigenvalue weighted by molar-refractivity contribution is 7.26. The van der Waals surface area contributed by atoms with Crippen LogP contribution in [0.1, 0.15) is 0 Å². The maximum Gasteiger partial charge on any atom is 0.164 e. The number of benzene rings is 8. The number of hydrogen-bond acceptors (Lipinski definition) is 5. The summed E-state index contributed by atoms with van der Waals surface area (Å²) in [6.07, 6.45) is 0. The van der Waals surface area contributed by atoms with Crippen molar-refractivity contribution in [3.8, 4) is 67.5 Å². The van der Waals surface area contributed by atoms with Gasteiger partial charge in [0, 0.05) is 58.8 Å². The van der Waals surface area contributed by atoms with E-state index in [1.807, 2.05) is 53.8 Å². The zero-order valence-corrected chi connectivity index (χ0v) is 30.9. The van der Waals surface area contributed by atoms with Gasteiger partial charge in [0.15, 0.2) is 17.5 Å². The Morgan fingerprint density at radius 3 is 1.54 bits per heavy atom. The molecule has 0 saturated heterocycles. The van der Waals surface area contributed by atoms with Crippen molar-refractivity contribution >= 4 is 53.4 Å². The van der Waals surface area contributed by atoms with Crippen molar-refractivity contribution in [3.63, 3.8) is 0 Å². The summed E-state index contributed by atoms with van der Waals surface area (Å²) < 4.78 is 9.30. The molecule has 5 heteroatoms. The first-order chi connectivity index (χ1) is 27.7. The molecule has 0 saturated carbocycles. The van der Waals surface area contributed by atoms with Gasteiger partial charge < -0.3 is 4.42 Å². The van der Waals surface area contributed by atoms with Crippen LogP contribution < -0.4 is 0 Å². The van der Waals surface area contributed by atoms with Crippen molar-refractivity contribution in [3.05, 3.63) is 188 Å². The van der Waals surface area contributed by atoms with E-state index < -0.39 is 0 Å². The highest BCUT2D eigenvalue weighted by Gasteiger charge is 2.20. The van der Waals surface area contributed by atoms with Gasteiger partial charge in [-0.3, -0.25) is 0 Å². The first-order valence-electron chi connectivity index (χ1n) is 18.7. The lowest BCUT2D eigenvalue weighted by Crippen LogP contribution is -2.00. The van der Waals surface area contributed by atoms with Gasteiger partial charge in [-0.15, -0.1) is 11.3 Å². The van der Waals surface area contributed by atoms with E-state index in [1.165, 1.54) is 36.9 Å². The van der Waals surface area contributed by atoms with Gasteiger partial charge in [-0.25, -0.2) is 15.0 Å². The first kappa shape index (κ1) is 32.2. The van der Waals surface area contributed by atoms with Gasteiger partial charge in [-0.05, 0) is 40.5 Å². The van der Waals surface area contributed by atoms with Gasteiger partial charge in [-0.2, -0.15) is 0 Å². The lowest BCUT2D eigenvalue weighted by molar-refractivity contribution is 0.670. The third-order valence-electron chi connectivity index (χ3n) is 10.6. The van der Waals surface area contributed by atoms with Crippen LogP contribution in [0.15, 0.2) is 192 Å². The predicted octanol–water partition coefficient (Wildman–Crippen LogP) is 14.1. The van der Waals surface area contributed by atoms with Crippen LogP contribution in [0.4, 0.5) is 0 Å². The monoisotopic (exact) mass is 733 g/mol. The molecule has 4 nitrogen and oxygen atoms in total. The number of fused-ring (bicyclic) bond motifs is 6. The quantitative estimate of drug-likeness (QED) is 0.171. The number of hydrogen-bond donors (Lipinski definition) is 0. The molecule has 0 aliphatic rings. The minimum Gasteiger partial charge on any atom is -0.455 e. The fraction of sp³-hybridized carbons (Fsp3) is 0. The van der Waals surface area contributed by atoms with E-state index in [4.69, 9.17) is 19.4 Å². The van der Waals surface area contributed by atoms with Crippen LogP contribution in [0.3, 0.4) is 0 Å². The van der Waals surface area contributed by atoms with Crippen molar-refractivity contribution in [2.75, 3.05) is 0 Å². The fourth-order valence-electron chi connectivity index (χ4n) is 7.83. The Hall–Kier alpha value is -7.21. The number of nitrogens with zero attached hydrogens (tertiary/aromatic N) is 3. The van der Waals surface area contributed by atoms with Crippen LogP contribution in [0.25, 0.3) is 110 Å². The second-order valence-electron chi connectivity index (χ2n) is 13.9. The first-order valence-corrected chi connectivity index (χ1v) is 19.5. The fourth-order valence-corrected chi connectivity index (χ4v) is 9.06. The van der Waals surface area contributed by atoms with Gasteiger partial charge in [0.05, 0.1) is 0 Å². The molecule has 8 aromatic carbocycles. The van der Waals surface area contributed by atoms with Crippen molar-refractivity contribution in [1.29, 1.82) is 0 Å². The molecule has 11 rings (SSSR count). The Kier molecular flexibility index (Phi) is 7.64. The lowest BCUT2D eigenvalue weighted by Gasteiger charge is -2.11. The number of para-hydroxylation sites is 1. The molecule has 262 valence electrons.